The molecule has 154 valence electrons. The average Bonchev–Trinajstić information content (AvgIpc) is 3.27. The highest BCUT2D eigenvalue weighted by molar-refractivity contribution is 5.95. The van der Waals surface area contributed by atoms with E-state index < -0.39 is 0 Å². The Hall–Kier alpha value is -3.48. The largest absolute Gasteiger partial charge is 0.337 e. The minimum Gasteiger partial charge on any atom is -0.337 e. The van der Waals surface area contributed by atoms with Gasteiger partial charge >= 0.3 is 0 Å². The fourth-order valence-electron chi connectivity index (χ4n) is 3.70. The summed E-state index contributed by atoms with van der Waals surface area (Å²) in [5.41, 5.74) is 4.81. The number of hydrogen-bond acceptors (Lipinski definition) is 4. The summed E-state index contributed by atoms with van der Waals surface area (Å²) in [5.74, 6) is -0.173. The highest BCUT2D eigenvalue weighted by Crippen LogP contribution is 2.23. The summed E-state index contributed by atoms with van der Waals surface area (Å²) < 4.78 is 0. The lowest BCUT2D eigenvalue weighted by molar-refractivity contribution is -0.121. The standard InChI is InChI=1S/C23H25N5O2/c1-15-6-7-16(2)19(13-15)25-22(29)17-8-11-28(12-9-17)23(30)21-14-20(26-27-21)18-5-3-4-10-24-18/h3-7,10,13-14,17H,8-9,11-12H2,1-2H3,(H,25,29)(H,26,27). The molecular formula is C23H25N5O2. The number of aryl methyl sites for hydroxylation is 2. The first-order chi connectivity index (χ1) is 14.5. The van der Waals surface area contributed by atoms with Crippen LogP contribution in [0.1, 0.15) is 34.5 Å². The Morgan fingerprint density at radius 3 is 2.60 bits per heavy atom. The molecule has 2 N–H and O–H groups in total. The van der Waals surface area contributed by atoms with Crippen LogP contribution in [0.15, 0.2) is 48.7 Å². The zero-order chi connectivity index (χ0) is 21.1. The number of likely N-dealkylation sites (tertiary alicyclic amines) is 1. The van der Waals surface area contributed by atoms with E-state index in [0.29, 0.717) is 37.3 Å². The molecule has 2 amide bonds. The van der Waals surface area contributed by atoms with Gasteiger partial charge in [-0.15, -0.1) is 0 Å². The minimum atomic E-state index is -0.0990. The van der Waals surface area contributed by atoms with Crippen LogP contribution in [0.25, 0.3) is 11.4 Å². The molecule has 0 radical (unpaired) electrons. The van der Waals surface area contributed by atoms with Crippen molar-refractivity contribution in [3.63, 3.8) is 0 Å². The molecule has 1 fully saturated rings. The van der Waals surface area contributed by atoms with Gasteiger partial charge in [0.25, 0.3) is 5.91 Å². The number of carbonyl (C=O) groups is 2. The van der Waals surface area contributed by atoms with Gasteiger partial charge in [-0.3, -0.25) is 19.7 Å². The number of rotatable bonds is 4. The molecule has 1 saturated heterocycles. The van der Waals surface area contributed by atoms with Gasteiger partial charge in [0.2, 0.25) is 5.91 Å². The molecule has 0 atom stereocenters. The van der Waals surface area contributed by atoms with E-state index in [4.69, 9.17) is 0 Å². The van der Waals surface area contributed by atoms with E-state index in [0.717, 1.165) is 22.5 Å². The van der Waals surface area contributed by atoms with Crippen molar-refractivity contribution in [1.29, 1.82) is 0 Å². The van der Waals surface area contributed by atoms with Gasteiger partial charge in [-0.1, -0.05) is 18.2 Å². The molecule has 0 bridgehead atoms. The van der Waals surface area contributed by atoms with Crippen molar-refractivity contribution in [1.82, 2.24) is 20.1 Å². The first-order valence-electron chi connectivity index (χ1n) is 10.2. The van der Waals surface area contributed by atoms with Crippen LogP contribution in [-0.2, 0) is 4.79 Å². The van der Waals surface area contributed by atoms with E-state index >= 15 is 0 Å². The van der Waals surface area contributed by atoms with E-state index in [2.05, 4.69) is 20.5 Å². The molecule has 0 aliphatic carbocycles. The number of anilines is 1. The Labute approximate surface area is 175 Å². The third kappa shape index (κ3) is 4.25. The summed E-state index contributed by atoms with van der Waals surface area (Å²) in [6.45, 7) is 5.08. The first-order valence-corrected chi connectivity index (χ1v) is 10.2. The molecule has 3 heterocycles. The maximum absolute atomic E-state index is 12.8. The lowest BCUT2D eigenvalue weighted by Crippen LogP contribution is -2.41. The number of aromatic nitrogens is 3. The molecule has 1 aromatic carbocycles. The molecule has 0 spiro atoms. The maximum Gasteiger partial charge on any atom is 0.271 e. The van der Waals surface area contributed by atoms with E-state index in [-0.39, 0.29) is 17.7 Å². The topological polar surface area (TPSA) is 91.0 Å². The highest BCUT2D eigenvalue weighted by Gasteiger charge is 2.29. The SMILES string of the molecule is Cc1ccc(C)c(NC(=O)C2CCN(C(=O)c3cc(-c4ccccn4)n[nH]3)CC2)c1. The molecular weight excluding hydrogens is 378 g/mol. The number of amides is 2. The number of piperidine rings is 1. The van der Waals surface area contributed by atoms with Gasteiger partial charge < -0.3 is 10.2 Å². The second-order valence-electron chi connectivity index (χ2n) is 7.76. The number of pyridine rings is 1. The van der Waals surface area contributed by atoms with Crippen LogP contribution in [0.2, 0.25) is 0 Å². The van der Waals surface area contributed by atoms with Gasteiger partial charge in [0, 0.05) is 30.9 Å². The molecule has 3 aromatic rings. The number of H-pyrrole nitrogens is 1. The molecule has 4 rings (SSSR count). The number of carbonyl (C=O) groups excluding carboxylic acids is 2. The van der Waals surface area contributed by atoms with Crippen LogP contribution in [0, 0.1) is 19.8 Å². The maximum atomic E-state index is 12.8. The van der Waals surface area contributed by atoms with E-state index in [1.54, 1.807) is 17.2 Å². The van der Waals surface area contributed by atoms with Crippen molar-refractivity contribution in [2.75, 3.05) is 18.4 Å². The predicted octanol–water partition coefficient (Wildman–Crippen LogP) is 3.58. The van der Waals surface area contributed by atoms with Crippen LogP contribution in [0.3, 0.4) is 0 Å². The van der Waals surface area contributed by atoms with E-state index in [1.165, 1.54) is 0 Å². The average molecular weight is 403 g/mol. The van der Waals surface area contributed by atoms with Crippen LogP contribution >= 0.6 is 0 Å². The lowest BCUT2D eigenvalue weighted by Gasteiger charge is -2.31. The Balaban J connectivity index is 1.35. The smallest absolute Gasteiger partial charge is 0.271 e. The fraction of sp³-hybridized carbons (Fsp3) is 0.304. The molecule has 7 heteroatoms. The zero-order valence-electron chi connectivity index (χ0n) is 17.2. The molecule has 2 aromatic heterocycles. The van der Waals surface area contributed by atoms with Crippen molar-refractivity contribution in [3.05, 3.63) is 65.5 Å². The monoisotopic (exact) mass is 403 g/mol. The lowest BCUT2D eigenvalue weighted by atomic mass is 9.95. The van der Waals surface area contributed by atoms with Crippen LogP contribution in [0.4, 0.5) is 5.69 Å². The number of aromatic amines is 1. The summed E-state index contributed by atoms with van der Waals surface area (Å²) in [5, 5.41) is 10.1. The molecule has 1 aliphatic rings. The molecule has 0 unspecified atom stereocenters. The molecule has 7 nitrogen and oxygen atoms in total. The van der Waals surface area contributed by atoms with Crippen molar-refractivity contribution < 1.29 is 9.59 Å². The predicted molar refractivity (Wildman–Crippen MR) is 115 cm³/mol. The quantitative estimate of drug-likeness (QED) is 0.697. The Morgan fingerprint density at radius 2 is 1.87 bits per heavy atom. The van der Waals surface area contributed by atoms with Crippen LogP contribution in [0.5, 0.6) is 0 Å². The molecule has 1 aliphatic heterocycles. The Bertz CT molecular complexity index is 1050. The Morgan fingerprint density at radius 1 is 1.07 bits per heavy atom. The normalized spacial score (nSPS) is 14.5. The molecule has 30 heavy (non-hydrogen) atoms. The first kappa shape index (κ1) is 19.8. The van der Waals surface area contributed by atoms with Gasteiger partial charge in [-0.2, -0.15) is 5.10 Å². The number of hydrogen-bond donors (Lipinski definition) is 2. The van der Waals surface area contributed by atoms with E-state index in [9.17, 15) is 9.59 Å². The van der Waals surface area contributed by atoms with Gasteiger partial charge in [-0.25, -0.2) is 0 Å². The van der Waals surface area contributed by atoms with Gasteiger partial charge in [0.15, 0.2) is 0 Å². The van der Waals surface area contributed by atoms with Gasteiger partial charge in [0.1, 0.15) is 11.4 Å². The van der Waals surface area contributed by atoms with Gasteiger partial charge in [-0.05, 0) is 62.1 Å². The van der Waals surface area contributed by atoms with Crippen molar-refractivity contribution in [2.45, 2.75) is 26.7 Å². The van der Waals surface area contributed by atoms with Crippen molar-refractivity contribution in [2.24, 2.45) is 5.92 Å². The number of nitrogens with zero attached hydrogens (tertiary/aromatic N) is 3. The van der Waals surface area contributed by atoms with Gasteiger partial charge in [0.05, 0.1) is 5.69 Å². The third-order valence-electron chi connectivity index (χ3n) is 5.54. The molecule has 0 saturated carbocycles. The third-order valence-corrected chi connectivity index (χ3v) is 5.54. The second kappa shape index (κ2) is 8.49. The number of nitrogens with one attached hydrogen (secondary N) is 2. The van der Waals surface area contributed by atoms with Crippen molar-refractivity contribution >= 4 is 17.5 Å². The number of benzene rings is 1. The zero-order valence-corrected chi connectivity index (χ0v) is 17.2. The summed E-state index contributed by atoms with van der Waals surface area (Å²) >= 11 is 0. The summed E-state index contributed by atoms with van der Waals surface area (Å²) in [4.78, 5) is 31.6. The second-order valence-corrected chi connectivity index (χ2v) is 7.76. The highest BCUT2D eigenvalue weighted by atomic mass is 16.2. The van der Waals surface area contributed by atoms with Crippen LogP contribution in [-0.4, -0.2) is 45.0 Å². The summed E-state index contributed by atoms with van der Waals surface area (Å²) in [7, 11) is 0. The van der Waals surface area contributed by atoms with Crippen LogP contribution < -0.4 is 5.32 Å². The summed E-state index contributed by atoms with van der Waals surface area (Å²) in [6.07, 6.45) is 2.98. The van der Waals surface area contributed by atoms with E-state index in [1.807, 2.05) is 50.2 Å². The fourth-order valence-corrected chi connectivity index (χ4v) is 3.70. The summed E-state index contributed by atoms with van der Waals surface area (Å²) in [6, 6.07) is 13.3. The Kier molecular flexibility index (Phi) is 5.61. The van der Waals surface area contributed by atoms with Crippen molar-refractivity contribution in [3.8, 4) is 11.4 Å². The minimum absolute atomic E-state index is 0.0229.